The van der Waals surface area contributed by atoms with Gasteiger partial charge in [-0.15, -0.1) is 11.3 Å². The van der Waals surface area contributed by atoms with Crippen molar-refractivity contribution in [3.8, 4) is 10.4 Å². The molecule has 3 aromatic heterocycles. The number of thioether (sulfide) groups is 1. The molecule has 1 aliphatic rings. The number of aromatic nitrogens is 1. The quantitative estimate of drug-likeness (QED) is 0.495. The highest BCUT2D eigenvalue weighted by molar-refractivity contribution is 8.18. The van der Waals surface area contributed by atoms with Crippen molar-refractivity contribution in [1.82, 2.24) is 10.3 Å². The van der Waals surface area contributed by atoms with E-state index in [2.05, 4.69) is 28.5 Å². The Bertz CT molecular complexity index is 1200. The molecule has 126 valence electrons. The molecule has 0 bridgehead atoms. The fourth-order valence-electron chi connectivity index (χ4n) is 2.89. The number of pyridine rings is 1. The highest BCUT2D eigenvalue weighted by Gasteiger charge is 2.25. The van der Waals surface area contributed by atoms with Crippen LogP contribution in [0.5, 0.6) is 0 Å². The minimum absolute atomic E-state index is 0.324. The summed E-state index contributed by atoms with van der Waals surface area (Å²) in [7, 11) is 0. The van der Waals surface area contributed by atoms with E-state index >= 15 is 0 Å². The lowest BCUT2D eigenvalue weighted by Gasteiger charge is -1.97. The van der Waals surface area contributed by atoms with Crippen molar-refractivity contribution in [3.63, 3.8) is 0 Å². The average molecular weight is 378 g/mol. The molecule has 1 saturated heterocycles. The molecule has 1 fully saturated rings. The Labute approximate surface area is 155 Å². The molecule has 2 amide bonds. The topological polar surface area (TPSA) is 72.2 Å². The Morgan fingerprint density at radius 2 is 1.96 bits per heavy atom. The third kappa shape index (κ3) is 2.53. The fourth-order valence-corrected chi connectivity index (χ4v) is 4.63. The number of hydrogen-bond donors (Lipinski definition) is 1. The zero-order chi connectivity index (χ0) is 17.7. The van der Waals surface area contributed by atoms with Gasteiger partial charge in [0.1, 0.15) is 11.3 Å². The summed E-state index contributed by atoms with van der Waals surface area (Å²) < 4.78 is 7.18. The first kappa shape index (κ1) is 15.4. The molecule has 1 aliphatic heterocycles. The Hall–Kier alpha value is -2.90. The van der Waals surface area contributed by atoms with E-state index in [0.717, 1.165) is 27.6 Å². The van der Waals surface area contributed by atoms with E-state index in [1.165, 1.54) is 10.1 Å². The molecule has 0 unspecified atom stereocenters. The molecular formula is C19H10N2O3S2. The maximum atomic E-state index is 11.7. The van der Waals surface area contributed by atoms with Gasteiger partial charge in [0.2, 0.25) is 0 Å². The van der Waals surface area contributed by atoms with Gasteiger partial charge < -0.3 is 4.42 Å². The number of rotatable bonds is 2. The number of thiophene rings is 1. The minimum Gasteiger partial charge on any atom is -0.456 e. The maximum absolute atomic E-state index is 11.7. The first-order chi connectivity index (χ1) is 12.7. The van der Waals surface area contributed by atoms with Crippen LogP contribution in [0, 0.1) is 0 Å². The third-order valence-electron chi connectivity index (χ3n) is 4.05. The van der Waals surface area contributed by atoms with Crippen LogP contribution in [0.4, 0.5) is 4.79 Å². The molecular weight excluding hydrogens is 368 g/mol. The van der Waals surface area contributed by atoms with E-state index in [0.29, 0.717) is 16.2 Å². The second-order valence-electron chi connectivity index (χ2n) is 5.75. The molecule has 26 heavy (non-hydrogen) atoms. The summed E-state index contributed by atoms with van der Waals surface area (Å²) in [6.07, 6.45) is 5.10. The highest BCUT2D eigenvalue weighted by Crippen LogP contribution is 2.38. The molecule has 1 N–H and O–H groups in total. The monoisotopic (exact) mass is 378 g/mol. The van der Waals surface area contributed by atoms with E-state index in [9.17, 15) is 9.59 Å². The molecule has 5 nitrogen and oxygen atoms in total. The molecule has 1 aromatic carbocycles. The predicted octanol–water partition coefficient (Wildman–Crippen LogP) is 5.03. The molecule has 0 spiro atoms. The van der Waals surface area contributed by atoms with Crippen LogP contribution in [-0.4, -0.2) is 16.1 Å². The normalized spacial score (nSPS) is 16.1. The van der Waals surface area contributed by atoms with E-state index in [4.69, 9.17) is 4.42 Å². The van der Waals surface area contributed by atoms with Crippen molar-refractivity contribution >= 4 is 61.4 Å². The lowest BCUT2D eigenvalue weighted by atomic mass is 10.1. The molecule has 0 radical (unpaired) electrons. The van der Waals surface area contributed by atoms with Crippen LogP contribution in [0.15, 0.2) is 58.1 Å². The van der Waals surface area contributed by atoms with Crippen molar-refractivity contribution in [3.05, 3.63) is 59.5 Å². The molecule has 5 rings (SSSR count). The first-order valence-corrected chi connectivity index (χ1v) is 9.42. The molecule has 0 aliphatic carbocycles. The predicted molar refractivity (Wildman–Crippen MR) is 104 cm³/mol. The zero-order valence-electron chi connectivity index (χ0n) is 13.2. The minimum atomic E-state index is -0.400. The van der Waals surface area contributed by atoms with Gasteiger partial charge in [-0.25, -0.2) is 0 Å². The Kier molecular flexibility index (Phi) is 3.44. The van der Waals surface area contributed by atoms with Gasteiger partial charge in [-0.05, 0) is 35.3 Å². The van der Waals surface area contributed by atoms with E-state index in [-0.39, 0.29) is 5.24 Å². The van der Waals surface area contributed by atoms with Crippen molar-refractivity contribution in [1.29, 1.82) is 0 Å². The van der Waals surface area contributed by atoms with Gasteiger partial charge in [-0.3, -0.25) is 19.9 Å². The Morgan fingerprint density at radius 1 is 1.08 bits per heavy atom. The van der Waals surface area contributed by atoms with Crippen molar-refractivity contribution in [2.24, 2.45) is 0 Å². The van der Waals surface area contributed by atoms with Gasteiger partial charge in [-0.2, -0.15) is 0 Å². The van der Waals surface area contributed by atoms with Crippen molar-refractivity contribution in [2.45, 2.75) is 0 Å². The van der Waals surface area contributed by atoms with Crippen LogP contribution in [0.2, 0.25) is 0 Å². The summed E-state index contributed by atoms with van der Waals surface area (Å²) in [4.78, 5) is 28.7. The fraction of sp³-hybridized carbons (Fsp3) is 0. The number of imide groups is 1. The number of hydrogen-bond acceptors (Lipinski definition) is 6. The number of nitrogens with one attached hydrogen (secondary N) is 1. The van der Waals surface area contributed by atoms with Crippen LogP contribution < -0.4 is 5.32 Å². The van der Waals surface area contributed by atoms with Crippen LogP contribution in [-0.2, 0) is 4.79 Å². The third-order valence-corrected chi connectivity index (χ3v) is 6.01. The molecule has 0 saturated carbocycles. The molecule has 7 heteroatoms. The number of furan rings is 1. The smallest absolute Gasteiger partial charge is 0.290 e. The highest BCUT2D eigenvalue weighted by atomic mass is 32.2. The SMILES string of the molecule is O=C1NC(=O)/C(=C\c2cc3cncc(-c4cc5ccccc5s4)c3o2)S1. The Morgan fingerprint density at radius 3 is 2.77 bits per heavy atom. The number of amides is 2. The van der Waals surface area contributed by atoms with E-state index in [1.54, 1.807) is 29.8 Å². The van der Waals surface area contributed by atoms with Gasteiger partial charge in [0.15, 0.2) is 0 Å². The summed E-state index contributed by atoms with van der Waals surface area (Å²) in [5, 5.41) is 3.89. The second-order valence-corrected chi connectivity index (χ2v) is 7.85. The summed E-state index contributed by atoms with van der Waals surface area (Å²) >= 11 is 2.55. The summed E-state index contributed by atoms with van der Waals surface area (Å²) in [6, 6.07) is 12.1. The van der Waals surface area contributed by atoms with Gasteiger partial charge in [0.25, 0.3) is 11.1 Å². The van der Waals surface area contributed by atoms with E-state index in [1.807, 2.05) is 18.2 Å². The van der Waals surface area contributed by atoms with Gasteiger partial charge in [-0.1, -0.05) is 18.2 Å². The number of fused-ring (bicyclic) bond motifs is 2. The average Bonchev–Trinajstić information content (AvgIpc) is 3.31. The van der Waals surface area contributed by atoms with Crippen LogP contribution in [0.25, 0.3) is 37.6 Å². The van der Waals surface area contributed by atoms with Crippen molar-refractivity contribution < 1.29 is 14.0 Å². The zero-order valence-corrected chi connectivity index (χ0v) is 14.8. The summed E-state index contributed by atoms with van der Waals surface area (Å²) in [5.41, 5.74) is 1.63. The molecule has 4 heterocycles. The number of benzene rings is 1. The number of carbonyl (C=O) groups excluding carboxylic acids is 2. The maximum Gasteiger partial charge on any atom is 0.290 e. The van der Waals surface area contributed by atoms with Crippen LogP contribution in [0.3, 0.4) is 0 Å². The molecule has 4 aromatic rings. The van der Waals surface area contributed by atoms with E-state index < -0.39 is 5.91 Å². The van der Waals surface area contributed by atoms with Crippen LogP contribution >= 0.6 is 23.1 Å². The second kappa shape index (κ2) is 5.82. The lowest BCUT2D eigenvalue weighted by molar-refractivity contribution is -0.115. The largest absolute Gasteiger partial charge is 0.456 e. The first-order valence-electron chi connectivity index (χ1n) is 7.79. The summed E-state index contributed by atoms with van der Waals surface area (Å²) in [5.74, 6) is 0.117. The van der Waals surface area contributed by atoms with Gasteiger partial charge in [0.05, 0.1) is 10.5 Å². The standard InChI is InChI=1S/C19H10N2O3S2/c22-18-16(26-19(23)21-18)7-12-5-11-8-20-9-13(17(11)24-12)15-6-10-3-1-2-4-14(10)25-15/h1-9H,(H,21,22,23)/b16-7+. The number of carbonyl (C=O) groups is 2. The van der Waals surface area contributed by atoms with Crippen molar-refractivity contribution in [2.75, 3.05) is 0 Å². The van der Waals surface area contributed by atoms with Gasteiger partial charge in [0, 0.05) is 33.4 Å². The number of nitrogens with zero attached hydrogens (tertiary/aromatic N) is 1. The summed E-state index contributed by atoms with van der Waals surface area (Å²) in [6.45, 7) is 0. The van der Waals surface area contributed by atoms with Crippen LogP contribution in [0.1, 0.15) is 5.76 Å². The lowest BCUT2D eigenvalue weighted by Crippen LogP contribution is -2.17. The van der Waals surface area contributed by atoms with Gasteiger partial charge >= 0.3 is 0 Å². The Balaban J connectivity index is 1.63. The molecule has 0 atom stereocenters.